The van der Waals surface area contributed by atoms with E-state index < -0.39 is 0 Å². The number of rotatable bonds is 8. The summed E-state index contributed by atoms with van der Waals surface area (Å²) in [6.07, 6.45) is 0. The van der Waals surface area contributed by atoms with Gasteiger partial charge in [0, 0.05) is 33.2 Å². The Hall–Kier alpha value is -8.21. The third kappa shape index (κ3) is 6.96. The maximum Gasteiger partial charge on any atom is 0.164 e. The van der Waals surface area contributed by atoms with Crippen LogP contribution in [-0.4, -0.2) is 19.5 Å². The Kier molecular flexibility index (Phi) is 9.14. The molecule has 0 radical (unpaired) electrons. The second-order valence-corrected chi connectivity index (χ2v) is 15.3. The summed E-state index contributed by atoms with van der Waals surface area (Å²) >= 11 is 0. The lowest BCUT2D eigenvalue weighted by Crippen LogP contribution is -2.00. The van der Waals surface area contributed by atoms with Crippen LogP contribution in [0.2, 0.25) is 0 Å². The quantitative estimate of drug-likeness (QED) is 0.154. The number of para-hydroxylation sites is 1. The lowest BCUT2D eigenvalue weighted by molar-refractivity contribution is 1.07. The van der Waals surface area contributed by atoms with Gasteiger partial charge in [-0.1, -0.05) is 200 Å². The molecule has 0 saturated carbocycles. The SMILES string of the molecule is c1ccc(-c2ccc(-c3nc(-c4ccc(-c5ccccc5)cc4)nc(-c4ccc5c6ccccc6n(-c6cccc(-c7cccc(-c8ccccc8)c7)c6)c5c4)n3)cc2)cc1. The fourth-order valence-electron chi connectivity index (χ4n) is 8.37. The summed E-state index contributed by atoms with van der Waals surface area (Å²) in [4.78, 5) is 15.5. The molecule has 11 rings (SSSR count). The molecule has 0 N–H and O–H groups in total. The highest BCUT2D eigenvalue weighted by Gasteiger charge is 2.18. The molecule has 0 spiro atoms. The van der Waals surface area contributed by atoms with Crippen molar-refractivity contribution >= 4 is 21.8 Å². The second-order valence-electron chi connectivity index (χ2n) is 15.3. The molecular weight excluding hydrogens is 741 g/mol. The number of benzene rings is 9. The molecule has 0 aliphatic carbocycles. The molecule has 0 saturated heterocycles. The monoisotopic (exact) mass is 778 g/mol. The van der Waals surface area contributed by atoms with Gasteiger partial charge in [-0.15, -0.1) is 0 Å². The Morgan fingerprint density at radius 1 is 0.230 bits per heavy atom. The normalized spacial score (nSPS) is 11.3. The maximum absolute atomic E-state index is 5.19. The van der Waals surface area contributed by atoms with Crippen LogP contribution in [0.5, 0.6) is 0 Å². The largest absolute Gasteiger partial charge is 0.309 e. The van der Waals surface area contributed by atoms with Gasteiger partial charge in [0.15, 0.2) is 17.5 Å². The van der Waals surface area contributed by atoms with Crippen LogP contribution in [0, 0.1) is 0 Å². The highest BCUT2D eigenvalue weighted by atomic mass is 15.0. The van der Waals surface area contributed by atoms with Gasteiger partial charge in [0.05, 0.1) is 11.0 Å². The minimum atomic E-state index is 0.615. The van der Waals surface area contributed by atoms with Gasteiger partial charge in [-0.2, -0.15) is 0 Å². The zero-order valence-corrected chi connectivity index (χ0v) is 33.2. The Bertz CT molecular complexity index is 3220. The summed E-state index contributed by atoms with van der Waals surface area (Å²) in [6, 6.07) is 81.2. The van der Waals surface area contributed by atoms with E-state index in [0.29, 0.717) is 17.5 Å². The second kappa shape index (κ2) is 15.5. The first-order chi connectivity index (χ1) is 30.2. The molecule has 0 atom stereocenters. The van der Waals surface area contributed by atoms with E-state index in [1.54, 1.807) is 0 Å². The Morgan fingerprint density at radius 2 is 0.607 bits per heavy atom. The third-order valence-electron chi connectivity index (χ3n) is 11.5. The molecule has 0 bridgehead atoms. The Balaban J connectivity index is 1.04. The molecule has 4 heteroatoms. The standard InChI is InChI=1S/C57H38N4/c1-4-14-39(15-5-1)42-26-30-44(31-27-42)55-58-56(45-32-28-43(29-33-45)40-16-6-2-7-17-40)60-57(59-55)49-34-35-52-51-24-10-11-25-53(51)61(54(52)38-49)50-23-13-22-48(37-50)47-21-12-20-46(36-47)41-18-8-3-9-19-41/h1-38H. The minimum Gasteiger partial charge on any atom is -0.309 e. The smallest absolute Gasteiger partial charge is 0.164 e. The van der Waals surface area contributed by atoms with Gasteiger partial charge in [-0.3, -0.25) is 0 Å². The molecule has 9 aromatic carbocycles. The molecular formula is C57H38N4. The van der Waals surface area contributed by atoms with Crippen molar-refractivity contribution in [2.75, 3.05) is 0 Å². The number of hydrogen-bond acceptors (Lipinski definition) is 3. The van der Waals surface area contributed by atoms with Crippen molar-refractivity contribution < 1.29 is 0 Å². The zero-order chi connectivity index (χ0) is 40.5. The van der Waals surface area contributed by atoms with Crippen LogP contribution in [0.3, 0.4) is 0 Å². The predicted octanol–water partition coefficient (Wildman–Crippen LogP) is 14.6. The van der Waals surface area contributed by atoms with E-state index in [9.17, 15) is 0 Å². The van der Waals surface area contributed by atoms with Gasteiger partial charge >= 0.3 is 0 Å². The van der Waals surface area contributed by atoms with Gasteiger partial charge in [0.2, 0.25) is 0 Å². The van der Waals surface area contributed by atoms with Crippen LogP contribution in [0.15, 0.2) is 231 Å². The van der Waals surface area contributed by atoms with E-state index >= 15 is 0 Å². The van der Waals surface area contributed by atoms with E-state index in [1.165, 1.54) is 38.6 Å². The molecule has 286 valence electrons. The van der Waals surface area contributed by atoms with Crippen LogP contribution in [-0.2, 0) is 0 Å². The van der Waals surface area contributed by atoms with Crippen molar-refractivity contribution in [1.82, 2.24) is 19.5 Å². The zero-order valence-electron chi connectivity index (χ0n) is 33.2. The van der Waals surface area contributed by atoms with Crippen molar-refractivity contribution in [3.63, 3.8) is 0 Å². The molecule has 2 aromatic heterocycles. The van der Waals surface area contributed by atoms with Crippen molar-refractivity contribution in [3.05, 3.63) is 231 Å². The van der Waals surface area contributed by atoms with Crippen molar-refractivity contribution in [1.29, 1.82) is 0 Å². The van der Waals surface area contributed by atoms with Gasteiger partial charge in [0.25, 0.3) is 0 Å². The number of aromatic nitrogens is 4. The summed E-state index contributed by atoms with van der Waals surface area (Å²) < 4.78 is 2.37. The Morgan fingerprint density at radius 3 is 1.18 bits per heavy atom. The van der Waals surface area contributed by atoms with E-state index in [1.807, 2.05) is 12.1 Å². The molecule has 0 fully saturated rings. The van der Waals surface area contributed by atoms with Gasteiger partial charge in [-0.25, -0.2) is 15.0 Å². The van der Waals surface area contributed by atoms with E-state index in [-0.39, 0.29) is 0 Å². The Labute approximate surface area is 354 Å². The minimum absolute atomic E-state index is 0.615. The van der Waals surface area contributed by atoms with E-state index in [0.717, 1.165) is 50.1 Å². The first-order valence-corrected chi connectivity index (χ1v) is 20.6. The number of fused-ring (bicyclic) bond motifs is 3. The molecule has 0 amide bonds. The summed E-state index contributed by atoms with van der Waals surface area (Å²) in [5, 5.41) is 2.35. The average molecular weight is 779 g/mol. The number of nitrogens with zero attached hydrogens (tertiary/aromatic N) is 4. The highest BCUT2D eigenvalue weighted by molar-refractivity contribution is 6.10. The molecule has 0 unspecified atom stereocenters. The third-order valence-corrected chi connectivity index (χ3v) is 11.5. The topological polar surface area (TPSA) is 43.6 Å². The highest BCUT2D eigenvalue weighted by Crippen LogP contribution is 2.37. The summed E-state index contributed by atoms with van der Waals surface area (Å²) in [6.45, 7) is 0. The molecule has 0 aliphatic heterocycles. The first-order valence-electron chi connectivity index (χ1n) is 20.6. The average Bonchev–Trinajstić information content (AvgIpc) is 3.68. The summed E-state index contributed by atoms with van der Waals surface area (Å²) in [7, 11) is 0. The van der Waals surface area contributed by atoms with Crippen LogP contribution >= 0.6 is 0 Å². The van der Waals surface area contributed by atoms with Crippen LogP contribution in [0.1, 0.15) is 0 Å². The summed E-state index contributed by atoms with van der Waals surface area (Å²) in [5.74, 6) is 1.86. The van der Waals surface area contributed by atoms with Gasteiger partial charge < -0.3 is 4.57 Å². The predicted molar refractivity (Wildman–Crippen MR) is 252 cm³/mol. The van der Waals surface area contributed by atoms with Crippen LogP contribution < -0.4 is 0 Å². The van der Waals surface area contributed by atoms with Crippen molar-refractivity contribution in [2.24, 2.45) is 0 Å². The number of hydrogen-bond donors (Lipinski definition) is 0. The van der Waals surface area contributed by atoms with E-state index in [4.69, 9.17) is 15.0 Å². The molecule has 4 nitrogen and oxygen atoms in total. The summed E-state index contributed by atoms with van der Waals surface area (Å²) in [5.41, 5.74) is 15.4. The van der Waals surface area contributed by atoms with E-state index in [2.05, 4.69) is 223 Å². The maximum atomic E-state index is 5.19. The fourth-order valence-corrected chi connectivity index (χ4v) is 8.37. The van der Waals surface area contributed by atoms with Crippen LogP contribution in [0.4, 0.5) is 0 Å². The molecule has 11 aromatic rings. The first kappa shape index (κ1) is 35.9. The molecule has 2 heterocycles. The molecule has 0 aliphatic rings. The lowest BCUT2D eigenvalue weighted by Gasteiger charge is -2.12. The lowest BCUT2D eigenvalue weighted by atomic mass is 9.99. The van der Waals surface area contributed by atoms with Crippen molar-refractivity contribution in [3.8, 4) is 84.4 Å². The van der Waals surface area contributed by atoms with Gasteiger partial charge in [-0.05, 0) is 74.8 Å². The van der Waals surface area contributed by atoms with Crippen molar-refractivity contribution in [2.45, 2.75) is 0 Å². The van der Waals surface area contributed by atoms with Gasteiger partial charge in [0.1, 0.15) is 0 Å². The fraction of sp³-hybridized carbons (Fsp3) is 0. The van der Waals surface area contributed by atoms with Crippen LogP contribution in [0.25, 0.3) is 106 Å². The molecule has 61 heavy (non-hydrogen) atoms.